The van der Waals surface area contributed by atoms with Gasteiger partial charge in [-0.05, 0) is 17.2 Å². The molecule has 0 aliphatic carbocycles. The van der Waals surface area contributed by atoms with Crippen LogP contribution in [-0.2, 0) is 0 Å². The molecule has 1 heterocycles. The molecular weight excluding hydrogens is 536 g/mol. The number of phenols is 2. The van der Waals surface area contributed by atoms with Gasteiger partial charge in [0.2, 0.25) is 5.75 Å². The van der Waals surface area contributed by atoms with Crippen molar-refractivity contribution < 1.29 is 38.7 Å². The van der Waals surface area contributed by atoms with Gasteiger partial charge in [-0.15, -0.1) is 0 Å². The summed E-state index contributed by atoms with van der Waals surface area (Å²) >= 11 is 0. The van der Waals surface area contributed by atoms with Gasteiger partial charge in [0.05, 0.1) is 28.4 Å². The molecule has 0 radical (unpaired) electrons. The second-order valence-electron chi connectivity index (χ2n) is 9.71. The van der Waals surface area contributed by atoms with Crippen LogP contribution in [0.5, 0.6) is 40.2 Å². The molecule has 0 fully saturated rings. The zero-order chi connectivity index (χ0) is 29.8. The van der Waals surface area contributed by atoms with Crippen LogP contribution in [0.15, 0.2) is 78.9 Å². The topological polar surface area (TPSA) is 104 Å². The van der Waals surface area contributed by atoms with E-state index in [0.717, 1.165) is 11.1 Å². The van der Waals surface area contributed by atoms with Crippen LogP contribution in [0.3, 0.4) is 0 Å². The SMILES string of the molecule is COc1cc(OC)c([C@H]2C[C@H](c3ccccc3)Oc3c(OC)c(O)cc(OC)c32)c(O)c1C(=O)/C=C/c1ccccc1. The van der Waals surface area contributed by atoms with Gasteiger partial charge in [-0.1, -0.05) is 66.7 Å². The molecule has 8 nitrogen and oxygen atoms in total. The molecule has 0 unspecified atom stereocenters. The van der Waals surface area contributed by atoms with E-state index in [2.05, 4.69) is 0 Å². The summed E-state index contributed by atoms with van der Waals surface area (Å²) in [5.74, 6) is -0.285. The first-order valence-corrected chi connectivity index (χ1v) is 13.4. The fourth-order valence-electron chi connectivity index (χ4n) is 5.45. The Labute approximate surface area is 244 Å². The van der Waals surface area contributed by atoms with Crippen molar-refractivity contribution in [1.82, 2.24) is 0 Å². The van der Waals surface area contributed by atoms with E-state index in [-0.39, 0.29) is 34.3 Å². The van der Waals surface area contributed by atoms with E-state index in [1.165, 1.54) is 40.6 Å². The average molecular weight is 569 g/mol. The highest BCUT2D eigenvalue weighted by atomic mass is 16.5. The Bertz CT molecular complexity index is 1610. The Kier molecular flexibility index (Phi) is 8.24. The molecule has 4 aromatic carbocycles. The lowest BCUT2D eigenvalue weighted by atomic mass is 9.80. The molecule has 2 N–H and O–H groups in total. The lowest BCUT2D eigenvalue weighted by Gasteiger charge is -2.35. The smallest absolute Gasteiger partial charge is 0.203 e. The number of aromatic hydroxyl groups is 2. The number of ketones is 1. The Morgan fingerprint density at radius 3 is 2.05 bits per heavy atom. The lowest BCUT2D eigenvalue weighted by molar-refractivity contribution is 0.104. The molecule has 1 aliphatic rings. The van der Waals surface area contributed by atoms with Gasteiger partial charge in [0, 0.05) is 35.6 Å². The van der Waals surface area contributed by atoms with Crippen LogP contribution in [0.2, 0.25) is 0 Å². The molecule has 4 aromatic rings. The Morgan fingerprint density at radius 2 is 1.43 bits per heavy atom. The minimum absolute atomic E-state index is 0.00510. The Morgan fingerprint density at radius 1 is 0.810 bits per heavy atom. The van der Waals surface area contributed by atoms with Crippen LogP contribution in [0.1, 0.15) is 51.1 Å². The molecule has 0 aromatic heterocycles. The first kappa shape index (κ1) is 28.4. The molecule has 8 heteroatoms. The third kappa shape index (κ3) is 5.19. The zero-order valence-electron chi connectivity index (χ0n) is 23.8. The normalized spacial score (nSPS) is 15.9. The number of phenolic OH excluding ortho intramolecular Hbond substituents is 2. The predicted octanol–water partition coefficient (Wildman–Crippen LogP) is 6.68. The van der Waals surface area contributed by atoms with Gasteiger partial charge in [-0.25, -0.2) is 0 Å². The van der Waals surface area contributed by atoms with Crippen molar-refractivity contribution in [2.24, 2.45) is 0 Å². The Balaban J connectivity index is 1.74. The molecule has 0 amide bonds. The van der Waals surface area contributed by atoms with E-state index < -0.39 is 17.8 Å². The summed E-state index contributed by atoms with van der Waals surface area (Å²) in [5, 5.41) is 22.6. The number of carbonyl (C=O) groups excluding carboxylic acids is 1. The van der Waals surface area contributed by atoms with Crippen LogP contribution in [0.25, 0.3) is 6.08 Å². The quantitative estimate of drug-likeness (QED) is 0.170. The van der Waals surface area contributed by atoms with E-state index in [4.69, 9.17) is 23.7 Å². The molecule has 5 rings (SSSR count). The van der Waals surface area contributed by atoms with Crippen LogP contribution in [0, 0.1) is 0 Å². The maximum atomic E-state index is 13.6. The molecular formula is C34H32O8. The molecule has 0 spiro atoms. The molecule has 1 aliphatic heterocycles. The van der Waals surface area contributed by atoms with Gasteiger partial charge in [-0.3, -0.25) is 4.79 Å². The fraction of sp³-hybridized carbons (Fsp3) is 0.206. The van der Waals surface area contributed by atoms with Crippen molar-refractivity contribution >= 4 is 11.9 Å². The zero-order valence-corrected chi connectivity index (χ0v) is 23.8. The van der Waals surface area contributed by atoms with Crippen molar-refractivity contribution in [3.8, 4) is 40.2 Å². The van der Waals surface area contributed by atoms with Crippen molar-refractivity contribution in [3.05, 3.63) is 107 Å². The van der Waals surface area contributed by atoms with Crippen LogP contribution in [-0.4, -0.2) is 44.4 Å². The van der Waals surface area contributed by atoms with E-state index in [1.807, 2.05) is 60.7 Å². The summed E-state index contributed by atoms with van der Waals surface area (Å²) in [7, 11) is 5.83. The fourth-order valence-corrected chi connectivity index (χ4v) is 5.45. The minimum atomic E-state index is -0.603. The third-order valence-electron chi connectivity index (χ3n) is 7.40. The monoisotopic (exact) mass is 568 g/mol. The second-order valence-corrected chi connectivity index (χ2v) is 9.71. The summed E-state index contributed by atoms with van der Waals surface area (Å²) in [5.41, 5.74) is 2.60. The summed E-state index contributed by atoms with van der Waals surface area (Å²) in [6.45, 7) is 0. The van der Waals surface area contributed by atoms with E-state index in [0.29, 0.717) is 29.0 Å². The number of fused-ring (bicyclic) bond motifs is 1. The first-order chi connectivity index (χ1) is 20.4. The number of rotatable bonds is 9. The molecule has 2 atom stereocenters. The highest BCUT2D eigenvalue weighted by Gasteiger charge is 2.40. The average Bonchev–Trinajstić information content (AvgIpc) is 3.03. The van der Waals surface area contributed by atoms with Gasteiger partial charge in [0.25, 0.3) is 0 Å². The summed E-state index contributed by atoms with van der Waals surface area (Å²) < 4.78 is 29.0. The maximum absolute atomic E-state index is 13.6. The van der Waals surface area contributed by atoms with Gasteiger partial charge in [0.1, 0.15) is 34.7 Å². The largest absolute Gasteiger partial charge is 0.507 e. The standard InChI is InChI=1S/C34H32O8/c1-38-26-18-24(36)33(41-4)34-30(26)22(17-25(42-34)21-13-9-6-10-14-21)29-27(39-2)19-28(40-3)31(32(29)37)23(35)16-15-20-11-7-5-8-12-20/h5-16,18-19,22,25,36-37H,17H2,1-4H3/b16-15+/t22-,25-/m1/s1. The van der Waals surface area contributed by atoms with E-state index >= 15 is 0 Å². The molecule has 0 bridgehead atoms. The molecule has 0 saturated carbocycles. The minimum Gasteiger partial charge on any atom is -0.507 e. The molecule has 42 heavy (non-hydrogen) atoms. The Hall–Kier alpha value is -5.11. The van der Waals surface area contributed by atoms with Crippen molar-refractivity contribution in [2.75, 3.05) is 28.4 Å². The second kappa shape index (κ2) is 12.2. The van der Waals surface area contributed by atoms with Crippen LogP contribution < -0.4 is 23.7 Å². The maximum Gasteiger partial charge on any atom is 0.203 e. The van der Waals surface area contributed by atoms with Gasteiger partial charge in [-0.2, -0.15) is 0 Å². The van der Waals surface area contributed by atoms with Crippen LogP contribution in [0.4, 0.5) is 0 Å². The van der Waals surface area contributed by atoms with Crippen molar-refractivity contribution in [3.63, 3.8) is 0 Å². The van der Waals surface area contributed by atoms with E-state index in [1.54, 1.807) is 12.1 Å². The number of benzene rings is 4. The highest BCUT2D eigenvalue weighted by molar-refractivity contribution is 6.11. The van der Waals surface area contributed by atoms with E-state index in [9.17, 15) is 15.0 Å². The van der Waals surface area contributed by atoms with Gasteiger partial charge >= 0.3 is 0 Å². The summed E-state index contributed by atoms with van der Waals surface area (Å²) in [6, 6.07) is 22.0. The van der Waals surface area contributed by atoms with Gasteiger partial charge in [0.15, 0.2) is 17.3 Å². The number of hydrogen-bond donors (Lipinski definition) is 2. The molecule has 216 valence electrons. The number of methoxy groups -OCH3 is 4. The number of ether oxygens (including phenoxy) is 5. The van der Waals surface area contributed by atoms with Crippen molar-refractivity contribution in [1.29, 1.82) is 0 Å². The van der Waals surface area contributed by atoms with Crippen LogP contribution >= 0.6 is 0 Å². The molecule has 0 saturated heterocycles. The summed E-state index contributed by atoms with van der Waals surface area (Å²) in [6.07, 6.45) is 2.93. The van der Waals surface area contributed by atoms with Crippen molar-refractivity contribution in [2.45, 2.75) is 18.4 Å². The number of allylic oxidation sites excluding steroid dienone is 1. The lowest BCUT2D eigenvalue weighted by Crippen LogP contribution is -2.22. The number of hydrogen-bond acceptors (Lipinski definition) is 8. The van der Waals surface area contributed by atoms with Gasteiger partial charge < -0.3 is 33.9 Å². The number of carbonyl (C=O) groups is 1. The summed E-state index contributed by atoms with van der Waals surface area (Å²) in [4.78, 5) is 13.6. The predicted molar refractivity (Wildman–Crippen MR) is 158 cm³/mol. The first-order valence-electron chi connectivity index (χ1n) is 13.4. The highest BCUT2D eigenvalue weighted by Crippen LogP contribution is 2.58. The third-order valence-corrected chi connectivity index (χ3v) is 7.40.